The van der Waals surface area contributed by atoms with Crippen LogP contribution in [0.2, 0.25) is 0 Å². The average molecular weight is 347 g/mol. The number of aryl methyl sites for hydroxylation is 1. The highest BCUT2D eigenvalue weighted by atomic mass is 32.1. The Morgan fingerprint density at radius 1 is 1.50 bits per heavy atom. The molecule has 1 atom stereocenters. The first kappa shape index (κ1) is 17.2. The summed E-state index contributed by atoms with van der Waals surface area (Å²) in [5.41, 5.74) is 0.834. The molecule has 130 valence electrons. The van der Waals surface area contributed by atoms with Crippen LogP contribution in [-0.4, -0.2) is 47.2 Å². The van der Waals surface area contributed by atoms with Gasteiger partial charge in [-0.25, -0.2) is 4.98 Å². The van der Waals surface area contributed by atoms with Gasteiger partial charge in [-0.15, -0.1) is 11.3 Å². The number of imidazole rings is 1. The van der Waals surface area contributed by atoms with Crippen LogP contribution in [0.4, 0.5) is 0 Å². The van der Waals surface area contributed by atoms with Crippen LogP contribution in [0.15, 0.2) is 23.8 Å². The van der Waals surface area contributed by atoms with E-state index in [1.807, 2.05) is 28.7 Å². The molecule has 0 radical (unpaired) electrons. The summed E-state index contributed by atoms with van der Waals surface area (Å²) in [6.07, 6.45) is 6.94. The van der Waals surface area contributed by atoms with Gasteiger partial charge in [0.25, 0.3) is 5.91 Å². The Balaban J connectivity index is 1.70. The van der Waals surface area contributed by atoms with E-state index in [4.69, 9.17) is 4.74 Å². The molecule has 0 spiro atoms. The summed E-state index contributed by atoms with van der Waals surface area (Å²) < 4.78 is 7.33. The molecular weight excluding hydrogens is 322 g/mol. The third-order valence-electron chi connectivity index (χ3n) is 4.61. The largest absolute Gasteiger partial charge is 0.383 e. The van der Waals surface area contributed by atoms with E-state index in [2.05, 4.69) is 16.5 Å². The highest BCUT2D eigenvalue weighted by Crippen LogP contribution is 2.27. The van der Waals surface area contributed by atoms with Crippen LogP contribution in [0.3, 0.4) is 0 Å². The second-order valence-corrected chi connectivity index (χ2v) is 7.21. The first-order valence-electron chi connectivity index (χ1n) is 8.59. The minimum absolute atomic E-state index is 0.158. The number of ether oxygens (including phenoxy) is 1. The summed E-state index contributed by atoms with van der Waals surface area (Å²) in [4.78, 5) is 20.6. The summed E-state index contributed by atoms with van der Waals surface area (Å²) in [5.74, 6) is 1.54. The van der Waals surface area contributed by atoms with Gasteiger partial charge in [0.1, 0.15) is 5.82 Å². The Labute approximate surface area is 147 Å². The highest BCUT2D eigenvalue weighted by Gasteiger charge is 2.28. The van der Waals surface area contributed by atoms with Gasteiger partial charge in [-0.2, -0.15) is 0 Å². The number of rotatable bonds is 6. The quantitative estimate of drug-likeness (QED) is 0.806. The van der Waals surface area contributed by atoms with Crippen LogP contribution in [0.25, 0.3) is 0 Å². The zero-order chi connectivity index (χ0) is 16.9. The fraction of sp³-hybridized carbons (Fsp3) is 0.556. The lowest BCUT2D eigenvalue weighted by atomic mass is 9.96. The maximum absolute atomic E-state index is 12.8. The summed E-state index contributed by atoms with van der Waals surface area (Å²) in [7, 11) is 1.71. The van der Waals surface area contributed by atoms with E-state index >= 15 is 0 Å². The molecule has 2 aromatic heterocycles. The van der Waals surface area contributed by atoms with Gasteiger partial charge in [0, 0.05) is 55.3 Å². The van der Waals surface area contributed by atoms with Gasteiger partial charge in [-0.1, -0.05) is 6.92 Å². The number of aromatic nitrogens is 2. The molecule has 24 heavy (non-hydrogen) atoms. The van der Waals surface area contributed by atoms with Crippen molar-refractivity contribution >= 4 is 17.2 Å². The van der Waals surface area contributed by atoms with Crippen LogP contribution < -0.4 is 0 Å². The molecule has 0 bridgehead atoms. The van der Waals surface area contributed by atoms with Gasteiger partial charge in [0.2, 0.25) is 0 Å². The van der Waals surface area contributed by atoms with Gasteiger partial charge in [0.15, 0.2) is 0 Å². The number of nitrogens with zero attached hydrogens (tertiary/aromatic N) is 3. The molecule has 3 heterocycles. The molecule has 0 N–H and O–H groups in total. The minimum Gasteiger partial charge on any atom is -0.383 e. The average Bonchev–Trinajstić information content (AvgIpc) is 3.28. The molecule has 1 aliphatic heterocycles. The van der Waals surface area contributed by atoms with Crippen molar-refractivity contribution in [2.45, 2.75) is 38.6 Å². The zero-order valence-corrected chi connectivity index (χ0v) is 15.2. The van der Waals surface area contributed by atoms with E-state index < -0.39 is 0 Å². The molecule has 1 amide bonds. The standard InChI is InChI=1S/C18H25N3O2S/c1-3-16-11-15(13-24-16)18(22)21-7-4-5-14(12-21)17-19-6-8-20(17)9-10-23-2/h6,8,11,13-14H,3-5,7,9-10,12H2,1-2H3. The van der Waals surface area contributed by atoms with Gasteiger partial charge in [0.05, 0.1) is 12.2 Å². The van der Waals surface area contributed by atoms with Crippen molar-refractivity contribution in [2.75, 3.05) is 26.8 Å². The molecule has 3 rings (SSSR count). The van der Waals surface area contributed by atoms with E-state index in [1.54, 1.807) is 18.4 Å². The molecular formula is C18H25N3O2S. The van der Waals surface area contributed by atoms with Crippen LogP contribution in [0.5, 0.6) is 0 Å². The number of amides is 1. The van der Waals surface area contributed by atoms with Crippen molar-refractivity contribution < 1.29 is 9.53 Å². The lowest BCUT2D eigenvalue weighted by Gasteiger charge is -2.32. The van der Waals surface area contributed by atoms with Crippen LogP contribution in [0.1, 0.15) is 46.7 Å². The Bertz CT molecular complexity index is 679. The zero-order valence-electron chi connectivity index (χ0n) is 14.4. The summed E-state index contributed by atoms with van der Waals surface area (Å²) in [5, 5.41) is 1.99. The Kier molecular flexibility index (Phi) is 5.68. The van der Waals surface area contributed by atoms with Gasteiger partial charge in [-0.3, -0.25) is 4.79 Å². The van der Waals surface area contributed by atoms with Crippen LogP contribution in [-0.2, 0) is 17.7 Å². The molecule has 1 fully saturated rings. The van der Waals surface area contributed by atoms with E-state index in [9.17, 15) is 4.79 Å². The van der Waals surface area contributed by atoms with Gasteiger partial charge < -0.3 is 14.2 Å². The van der Waals surface area contributed by atoms with Crippen LogP contribution >= 0.6 is 11.3 Å². The Hall–Kier alpha value is -1.66. The first-order valence-corrected chi connectivity index (χ1v) is 9.47. The number of thiophene rings is 1. The lowest BCUT2D eigenvalue weighted by molar-refractivity contribution is 0.0703. The number of hydrogen-bond donors (Lipinski definition) is 0. The first-order chi connectivity index (χ1) is 11.7. The van der Waals surface area contributed by atoms with Crippen molar-refractivity contribution in [3.05, 3.63) is 40.1 Å². The maximum atomic E-state index is 12.8. The van der Waals surface area contributed by atoms with Crippen molar-refractivity contribution in [3.8, 4) is 0 Å². The minimum atomic E-state index is 0.158. The maximum Gasteiger partial charge on any atom is 0.254 e. The smallest absolute Gasteiger partial charge is 0.254 e. The van der Waals surface area contributed by atoms with E-state index in [1.165, 1.54) is 4.88 Å². The number of carbonyl (C=O) groups excluding carboxylic acids is 1. The number of likely N-dealkylation sites (tertiary alicyclic amines) is 1. The Morgan fingerprint density at radius 2 is 2.38 bits per heavy atom. The van der Waals surface area contributed by atoms with E-state index in [0.29, 0.717) is 12.5 Å². The molecule has 0 saturated carbocycles. The highest BCUT2D eigenvalue weighted by molar-refractivity contribution is 7.10. The molecule has 5 nitrogen and oxygen atoms in total. The van der Waals surface area contributed by atoms with E-state index in [0.717, 1.165) is 50.3 Å². The monoisotopic (exact) mass is 347 g/mol. The number of carbonyl (C=O) groups is 1. The van der Waals surface area contributed by atoms with Crippen molar-refractivity contribution in [2.24, 2.45) is 0 Å². The molecule has 2 aromatic rings. The van der Waals surface area contributed by atoms with E-state index in [-0.39, 0.29) is 5.91 Å². The predicted molar refractivity (Wildman–Crippen MR) is 95.7 cm³/mol. The van der Waals surface area contributed by atoms with Crippen molar-refractivity contribution in [1.29, 1.82) is 0 Å². The number of hydrogen-bond acceptors (Lipinski definition) is 4. The number of piperidine rings is 1. The van der Waals surface area contributed by atoms with Gasteiger partial charge >= 0.3 is 0 Å². The summed E-state index contributed by atoms with van der Waals surface area (Å²) in [6, 6.07) is 2.04. The topological polar surface area (TPSA) is 47.4 Å². The van der Waals surface area contributed by atoms with Crippen LogP contribution in [0, 0.1) is 0 Å². The fourth-order valence-corrected chi connectivity index (χ4v) is 4.10. The lowest BCUT2D eigenvalue weighted by Crippen LogP contribution is -2.39. The molecule has 0 aliphatic carbocycles. The third kappa shape index (κ3) is 3.70. The fourth-order valence-electron chi connectivity index (χ4n) is 3.29. The molecule has 6 heteroatoms. The van der Waals surface area contributed by atoms with Crippen molar-refractivity contribution in [1.82, 2.24) is 14.5 Å². The second kappa shape index (κ2) is 7.94. The molecule has 1 saturated heterocycles. The molecule has 1 aliphatic rings. The predicted octanol–water partition coefficient (Wildman–Crippen LogP) is 3.17. The third-order valence-corrected chi connectivity index (χ3v) is 5.69. The normalized spacial score (nSPS) is 18.1. The SMILES string of the molecule is CCc1cc(C(=O)N2CCCC(c3nccn3CCOC)C2)cs1. The Morgan fingerprint density at radius 3 is 3.12 bits per heavy atom. The van der Waals surface area contributed by atoms with Gasteiger partial charge in [-0.05, 0) is 25.3 Å². The summed E-state index contributed by atoms with van der Waals surface area (Å²) in [6.45, 7) is 5.19. The number of methoxy groups -OCH3 is 1. The molecule has 1 unspecified atom stereocenters. The van der Waals surface area contributed by atoms with Crippen molar-refractivity contribution in [3.63, 3.8) is 0 Å². The summed E-state index contributed by atoms with van der Waals surface area (Å²) >= 11 is 1.67. The second-order valence-electron chi connectivity index (χ2n) is 6.22. The molecule has 0 aromatic carbocycles.